The van der Waals surface area contributed by atoms with Gasteiger partial charge in [0.25, 0.3) is 0 Å². The van der Waals surface area contributed by atoms with Gasteiger partial charge in [-0.3, -0.25) is 4.79 Å². The van der Waals surface area contributed by atoms with E-state index in [0.29, 0.717) is 18.9 Å². The number of nitrogens with zero attached hydrogens (tertiary/aromatic N) is 1. The van der Waals surface area contributed by atoms with Crippen molar-refractivity contribution in [1.82, 2.24) is 4.90 Å². The predicted octanol–water partition coefficient (Wildman–Crippen LogP) is 1.76. The van der Waals surface area contributed by atoms with E-state index in [9.17, 15) is 4.79 Å². The first kappa shape index (κ1) is 17.4. The van der Waals surface area contributed by atoms with Crippen molar-refractivity contribution in [3.05, 3.63) is 0 Å². The average molecular weight is 258 g/mol. The molecule has 0 aliphatic carbocycles. The molecule has 0 rings (SSSR count). The molecule has 108 valence electrons. The number of hydrogen-bond donors (Lipinski definition) is 2. The monoisotopic (exact) mass is 258 g/mol. The van der Waals surface area contributed by atoms with Crippen molar-refractivity contribution in [2.24, 2.45) is 11.7 Å². The molecule has 0 fully saturated rings. The summed E-state index contributed by atoms with van der Waals surface area (Å²) in [5, 5.41) is 9.01. The van der Waals surface area contributed by atoms with E-state index in [1.807, 2.05) is 13.8 Å². The number of carbonyl (C=O) groups is 1. The van der Waals surface area contributed by atoms with E-state index < -0.39 is 0 Å². The Labute approximate surface area is 112 Å². The van der Waals surface area contributed by atoms with Gasteiger partial charge >= 0.3 is 0 Å². The molecule has 0 radical (unpaired) electrons. The first-order chi connectivity index (χ1) is 8.52. The zero-order chi connectivity index (χ0) is 14.0. The van der Waals surface area contributed by atoms with Crippen LogP contribution in [0.4, 0.5) is 0 Å². The van der Waals surface area contributed by atoms with Crippen LogP contribution in [0.1, 0.15) is 52.9 Å². The van der Waals surface area contributed by atoms with Crippen molar-refractivity contribution in [3.63, 3.8) is 0 Å². The van der Waals surface area contributed by atoms with Crippen molar-refractivity contribution in [1.29, 1.82) is 0 Å². The first-order valence-corrected chi connectivity index (χ1v) is 7.17. The molecule has 0 aromatic carbocycles. The highest BCUT2D eigenvalue weighted by Crippen LogP contribution is 2.08. The van der Waals surface area contributed by atoms with Gasteiger partial charge in [-0.25, -0.2) is 0 Å². The van der Waals surface area contributed by atoms with Gasteiger partial charge in [-0.2, -0.15) is 0 Å². The third-order valence-electron chi connectivity index (χ3n) is 3.27. The van der Waals surface area contributed by atoms with Crippen LogP contribution in [-0.4, -0.2) is 41.7 Å². The molecule has 4 heteroatoms. The number of aliphatic hydroxyl groups excluding tert-OH is 1. The number of hydrogen-bond acceptors (Lipinski definition) is 3. The lowest BCUT2D eigenvalue weighted by Crippen LogP contribution is -2.39. The van der Waals surface area contributed by atoms with E-state index >= 15 is 0 Å². The zero-order valence-electron chi connectivity index (χ0n) is 12.2. The third-order valence-corrected chi connectivity index (χ3v) is 3.27. The highest BCUT2D eigenvalue weighted by atomic mass is 16.3. The van der Waals surface area contributed by atoms with Crippen molar-refractivity contribution in [2.45, 2.75) is 58.9 Å². The lowest BCUT2D eigenvalue weighted by Gasteiger charge is -2.24. The van der Waals surface area contributed by atoms with Gasteiger partial charge in [0.1, 0.15) is 0 Å². The topological polar surface area (TPSA) is 66.6 Å². The lowest BCUT2D eigenvalue weighted by atomic mass is 10.0. The molecule has 4 nitrogen and oxygen atoms in total. The van der Waals surface area contributed by atoms with Gasteiger partial charge in [0.15, 0.2) is 0 Å². The Hall–Kier alpha value is -0.610. The Morgan fingerprint density at radius 2 is 1.89 bits per heavy atom. The summed E-state index contributed by atoms with van der Waals surface area (Å²) in [5.41, 5.74) is 5.92. The Kier molecular flexibility index (Phi) is 9.98. The van der Waals surface area contributed by atoms with Crippen LogP contribution >= 0.6 is 0 Å². The summed E-state index contributed by atoms with van der Waals surface area (Å²) in [5.74, 6) is 0.381. The van der Waals surface area contributed by atoms with Gasteiger partial charge < -0.3 is 15.7 Å². The molecule has 0 spiro atoms. The first-order valence-electron chi connectivity index (χ1n) is 7.17. The summed E-state index contributed by atoms with van der Waals surface area (Å²) in [6.07, 6.45) is 4.92. The molecule has 0 aromatic heterocycles. The standard InChI is InChI=1S/C14H30N2O2/c1-4-5-6-7-8-16(9-10-17)14(18)11-13(15)12(2)3/h12-13,17H,4-11,15H2,1-3H3. The number of amides is 1. The van der Waals surface area contributed by atoms with Crippen LogP contribution in [-0.2, 0) is 4.79 Å². The Balaban J connectivity index is 4.09. The predicted molar refractivity (Wildman–Crippen MR) is 75.2 cm³/mol. The number of aliphatic hydroxyl groups is 1. The van der Waals surface area contributed by atoms with Crippen LogP contribution in [0.2, 0.25) is 0 Å². The van der Waals surface area contributed by atoms with Crippen molar-refractivity contribution >= 4 is 5.91 Å². The average Bonchev–Trinajstić information content (AvgIpc) is 2.32. The van der Waals surface area contributed by atoms with E-state index in [4.69, 9.17) is 10.8 Å². The quantitative estimate of drug-likeness (QED) is 0.587. The van der Waals surface area contributed by atoms with Crippen molar-refractivity contribution in [3.8, 4) is 0 Å². The van der Waals surface area contributed by atoms with Crippen LogP contribution in [0.3, 0.4) is 0 Å². The summed E-state index contributed by atoms with van der Waals surface area (Å²) in [6.45, 7) is 7.40. The second-order valence-corrected chi connectivity index (χ2v) is 5.28. The van der Waals surface area contributed by atoms with Gasteiger partial charge in [0.2, 0.25) is 5.91 Å². The molecule has 1 unspecified atom stereocenters. The van der Waals surface area contributed by atoms with Crippen LogP contribution in [0.5, 0.6) is 0 Å². The van der Waals surface area contributed by atoms with Crippen molar-refractivity contribution < 1.29 is 9.90 Å². The van der Waals surface area contributed by atoms with E-state index in [1.54, 1.807) is 4.90 Å². The fourth-order valence-electron chi connectivity index (χ4n) is 1.78. The molecule has 0 saturated heterocycles. The molecule has 0 heterocycles. The summed E-state index contributed by atoms with van der Waals surface area (Å²) in [4.78, 5) is 13.8. The fraction of sp³-hybridized carbons (Fsp3) is 0.929. The summed E-state index contributed by atoms with van der Waals surface area (Å²) in [6, 6.07) is -0.0886. The zero-order valence-corrected chi connectivity index (χ0v) is 12.2. The van der Waals surface area contributed by atoms with Gasteiger partial charge in [0.05, 0.1) is 6.61 Å². The third kappa shape index (κ3) is 7.67. The molecule has 0 aliphatic rings. The molecule has 3 N–H and O–H groups in total. The number of unbranched alkanes of at least 4 members (excludes halogenated alkanes) is 3. The van der Waals surface area contributed by atoms with Gasteiger partial charge in [0, 0.05) is 25.6 Å². The molecule has 0 aromatic rings. The Bertz CT molecular complexity index is 220. The fourth-order valence-corrected chi connectivity index (χ4v) is 1.78. The highest BCUT2D eigenvalue weighted by molar-refractivity contribution is 5.76. The highest BCUT2D eigenvalue weighted by Gasteiger charge is 2.18. The van der Waals surface area contributed by atoms with Crippen LogP contribution in [0.25, 0.3) is 0 Å². The smallest absolute Gasteiger partial charge is 0.224 e. The van der Waals surface area contributed by atoms with Gasteiger partial charge in [-0.15, -0.1) is 0 Å². The Morgan fingerprint density at radius 3 is 2.39 bits per heavy atom. The molecular weight excluding hydrogens is 228 g/mol. The van der Waals surface area contributed by atoms with Crippen LogP contribution in [0, 0.1) is 5.92 Å². The number of nitrogens with two attached hydrogens (primary N) is 1. The summed E-state index contributed by atoms with van der Waals surface area (Å²) in [7, 11) is 0. The molecule has 1 atom stereocenters. The molecule has 18 heavy (non-hydrogen) atoms. The molecule has 0 aliphatic heterocycles. The SMILES string of the molecule is CCCCCCN(CCO)C(=O)CC(N)C(C)C. The minimum absolute atomic E-state index is 0.0242. The van der Waals surface area contributed by atoms with E-state index in [1.165, 1.54) is 12.8 Å². The van der Waals surface area contributed by atoms with Crippen LogP contribution in [0.15, 0.2) is 0 Å². The lowest BCUT2D eigenvalue weighted by molar-refractivity contribution is -0.132. The second-order valence-electron chi connectivity index (χ2n) is 5.28. The van der Waals surface area contributed by atoms with E-state index in [-0.39, 0.29) is 18.6 Å². The summed E-state index contributed by atoms with van der Waals surface area (Å²) >= 11 is 0. The van der Waals surface area contributed by atoms with Crippen LogP contribution < -0.4 is 5.73 Å². The maximum Gasteiger partial charge on any atom is 0.224 e. The van der Waals surface area contributed by atoms with Crippen molar-refractivity contribution in [2.75, 3.05) is 19.7 Å². The largest absolute Gasteiger partial charge is 0.395 e. The minimum Gasteiger partial charge on any atom is -0.395 e. The molecule has 0 saturated carbocycles. The van der Waals surface area contributed by atoms with Gasteiger partial charge in [-0.1, -0.05) is 40.0 Å². The van der Waals surface area contributed by atoms with Gasteiger partial charge in [-0.05, 0) is 12.3 Å². The van der Waals surface area contributed by atoms with E-state index in [0.717, 1.165) is 19.4 Å². The maximum absolute atomic E-state index is 12.0. The molecule has 0 bridgehead atoms. The normalized spacial score (nSPS) is 12.8. The van der Waals surface area contributed by atoms with E-state index in [2.05, 4.69) is 6.92 Å². The number of carbonyl (C=O) groups excluding carboxylic acids is 1. The summed E-state index contributed by atoms with van der Waals surface area (Å²) < 4.78 is 0. The second kappa shape index (κ2) is 10.3. The molecular formula is C14H30N2O2. The maximum atomic E-state index is 12.0. The molecule has 1 amide bonds. The minimum atomic E-state index is -0.0886. The Morgan fingerprint density at radius 1 is 1.22 bits per heavy atom. The number of rotatable bonds is 10.